The Morgan fingerprint density at radius 2 is 2.13 bits per heavy atom. The van der Waals surface area contributed by atoms with Gasteiger partial charge < -0.3 is 5.11 Å². The van der Waals surface area contributed by atoms with Crippen molar-refractivity contribution >= 4 is 38.4 Å². The van der Waals surface area contributed by atoms with Gasteiger partial charge in [0.1, 0.15) is 5.60 Å². The van der Waals surface area contributed by atoms with Gasteiger partial charge in [0.15, 0.2) is 14.6 Å². The van der Waals surface area contributed by atoms with E-state index in [0.29, 0.717) is 11.5 Å². The first kappa shape index (κ1) is 22.2. The van der Waals surface area contributed by atoms with Crippen molar-refractivity contribution in [3.05, 3.63) is 30.0 Å². The number of carbonyl (C=O) groups excluding carboxylic acids is 1. The number of hydrogen-bond donors (Lipinski definition) is 3. The number of benzene rings is 1. The first-order valence-electron chi connectivity index (χ1n) is 9.01. The van der Waals surface area contributed by atoms with Crippen molar-refractivity contribution in [1.82, 2.24) is 15.3 Å². The molecule has 8 nitrogen and oxygen atoms in total. The lowest BCUT2D eigenvalue weighted by atomic mass is 10.1. The number of nitrogens with zero attached hydrogens (tertiary/aromatic N) is 2. The molecule has 1 atom stereocenters. The average Bonchev–Trinajstić information content (AvgIpc) is 3.08. The SMILES string of the molecule is CC(CCn1ncc2cc(C#CC#CC3(O)CSC3)ccc21)(C(=O)NO)S(C)(=O)=O. The summed E-state index contributed by atoms with van der Waals surface area (Å²) in [4.78, 5) is 11.9. The number of amides is 1. The highest BCUT2D eigenvalue weighted by Crippen LogP contribution is 2.28. The van der Waals surface area contributed by atoms with E-state index in [0.717, 1.165) is 22.7 Å². The molecule has 0 saturated carbocycles. The van der Waals surface area contributed by atoms with Crippen molar-refractivity contribution in [2.24, 2.45) is 0 Å². The van der Waals surface area contributed by atoms with Gasteiger partial charge in [-0.1, -0.05) is 11.8 Å². The van der Waals surface area contributed by atoms with E-state index in [-0.39, 0.29) is 13.0 Å². The topological polar surface area (TPSA) is 122 Å². The van der Waals surface area contributed by atoms with Crippen LogP contribution >= 0.6 is 11.8 Å². The number of sulfone groups is 1. The van der Waals surface area contributed by atoms with Crippen molar-refractivity contribution in [3.63, 3.8) is 0 Å². The monoisotopic (exact) mass is 447 g/mol. The average molecular weight is 448 g/mol. The molecule has 0 bridgehead atoms. The molecule has 0 aliphatic carbocycles. The van der Waals surface area contributed by atoms with E-state index in [2.05, 4.69) is 28.8 Å². The highest BCUT2D eigenvalue weighted by Gasteiger charge is 2.43. The van der Waals surface area contributed by atoms with Crippen LogP contribution in [-0.2, 0) is 21.2 Å². The quantitative estimate of drug-likeness (QED) is 0.348. The highest BCUT2D eigenvalue weighted by molar-refractivity contribution is 8.00. The fraction of sp³-hybridized carbons (Fsp3) is 0.400. The van der Waals surface area contributed by atoms with Crippen LogP contribution in [0.3, 0.4) is 0 Å². The normalized spacial score (nSPS) is 16.9. The molecule has 1 aliphatic rings. The second-order valence-corrected chi connectivity index (χ2v) is 10.8. The second-order valence-electron chi connectivity index (χ2n) is 7.36. The van der Waals surface area contributed by atoms with Gasteiger partial charge in [-0.25, -0.2) is 13.9 Å². The molecule has 1 aromatic heterocycles. The van der Waals surface area contributed by atoms with Crippen LogP contribution in [0.25, 0.3) is 10.9 Å². The van der Waals surface area contributed by atoms with Crippen molar-refractivity contribution in [3.8, 4) is 23.7 Å². The molecular formula is C20H21N3O5S2. The van der Waals surface area contributed by atoms with Crippen LogP contribution in [0, 0.1) is 23.7 Å². The van der Waals surface area contributed by atoms with Gasteiger partial charge in [-0.15, -0.1) is 0 Å². The summed E-state index contributed by atoms with van der Waals surface area (Å²) >= 11 is 1.63. The lowest BCUT2D eigenvalue weighted by Gasteiger charge is -2.29. The predicted molar refractivity (Wildman–Crippen MR) is 114 cm³/mol. The molecule has 30 heavy (non-hydrogen) atoms. The molecule has 1 aromatic carbocycles. The second kappa shape index (κ2) is 8.32. The first-order valence-corrected chi connectivity index (χ1v) is 12.1. The number of hydrogen-bond acceptors (Lipinski definition) is 7. The first-order chi connectivity index (χ1) is 14.1. The number of nitrogens with one attached hydrogen (secondary N) is 1. The Bertz CT molecular complexity index is 1210. The van der Waals surface area contributed by atoms with Gasteiger partial charge in [-0.3, -0.25) is 14.7 Å². The number of aromatic nitrogens is 2. The zero-order valence-corrected chi connectivity index (χ0v) is 18.1. The summed E-state index contributed by atoms with van der Waals surface area (Å²) in [6.45, 7) is 1.43. The third-order valence-corrected chi connectivity index (χ3v) is 8.48. The Labute approximate surface area is 178 Å². The van der Waals surface area contributed by atoms with Crippen LogP contribution in [0.15, 0.2) is 24.4 Å². The molecule has 1 fully saturated rings. The van der Waals surface area contributed by atoms with Crippen LogP contribution in [0.1, 0.15) is 18.9 Å². The summed E-state index contributed by atoms with van der Waals surface area (Å²) in [6, 6.07) is 5.43. The lowest BCUT2D eigenvalue weighted by molar-refractivity contribution is -0.131. The van der Waals surface area contributed by atoms with Gasteiger partial charge in [-0.05, 0) is 43.4 Å². The molecule has 0 radical (unpaired) electrons. The number of hydroxylamine groups is 1. The van der Waals surface area contributed by atoms with E-state index in [1.807, 2.05) is 6.07 Å². The maximum Gasteiger partial charge on any atom is 0.264 e. The van der Waals surface area contributed by atoms with Crippen molar-refractivity contribution in [2.75, 3.05) is 17.8 Å². The molecule has 3 N–H and O–H groups in total. The van der Waals surface area contributed by atoms with Crippen LogP contribution in [0.4, 0.5) is 0 Å². The molecule has 1 unspecified atom stereocenters. The largest absolute Gasteiger partial charge is 0.376 e. The van der Waals surface area contributed by atoms with Gasteiger partial charge in [0.2, 0.25) is 0 Å². The number of fused-ring (bicyclic) bond motifs is 1. The lowest BCUT2D eigenvalue weighted by Crippen LogP contribution is -2.49. The summed E-state index contributed by atoms with van der Waals surface area (Å²) in [5.74, 6) is 11.3. The van der Waals surface area contributed by atoms with Gasteiger partial charge >= 0.3 is 0 Å². The molecule has 0 spiro atoms. The molecule has 1 saturated heterocycles. The zero-order chi connectivity index (χ0) is 22.0. The number of aryl methyl sites for hydroxylation is 1. The molecule has 158 valence electrons. The fourth-order valence-electron chi connectivity index (χ4n) is 2.87. The van der Waals surface area contributed by atoms with E-state index in [9.17, 15) is 18.3 Å². The zero-order valence-electron chi connectivity index (χ0n) is 16.5. The molecule has 2 heterocycles. The van der Waals surface area contributed by atoms with Gasteiger partial charge in [0.25, 0.3) is 5.91 Å². The summed E-state index contributed by atoms with van der Waals surface area (Å²) in [5.41, 5.74) is 2.00. The summed E-state index contributed by atoms with van der Waals surface area (Å²) in [7, 11) is -3.77. The Kier molecular flexibility index (Phi) is 6.16. The van der Waals surface area contributed by atoms with Crippen molar-refractivity contribution in [1.29, 1.82) is 0 Å². The Morgan fingerprint density at radius 1 is 1.40 bits per heavy atom. The van der Waals surface area contributed by atoms with Gasteiger partial charge in [-0.2, -0.15) is 16.9 Å². The van der Waals surface area contributed by atoms with E-state index < -0.39 is 26.1 Å². The maximum absolute atomic E-state index is 12.1. The molecule has 1 amide bonds. The minimum absolute atomic E-state index is 0.0622. The Balaban J connectivity index is 1.77. The Hall–Kier alpha value is -2.50. The minimum atomic E-state index is -3.77. The fourth-order valence-corrected chi connectivity index (χ4v) is 4.45. The Morgan fingerprint density at radius 3 is 2.73 bits per heavy atom. The summed E-state index contributed by atoms with van der Waals surface area (Å²) in [5, 5.41) is 23.9. The van der Waals surface area contributed by atoms with Crippen LogP contribution in [0.5, 0.6) is 0 Å². The molecule has 10 heteroatoms. The van der Waals surface area contributed by atoms with E-state index >= 15 is 0 Å². The highest BCUT2D eigenvalue weighted by atomic mass is 32.2. The number of rotatable bonds is 5. The number of carbonyl (C=O) groups is 1. The standard InChI is InChI=1S/C20H21N3O5S2/c1-19(18(24)22-26,30(2,27)28)9-10-23-17-7-6-15(11-16(17)12-21-23)5-3-4-8-20(25)13-29-14-20/h6-7,11-12,25-26H,9-10,13-14H2,1-2H3,(H,22,24). The number of thioether (sulfide) groups is 1. The third-order valence-electron chi connectivity index (χ3n) is 5.09. The minimum Gasteiger partial charge on any atom is -0.376 e. The van der Waals surface area contributed by atoms with E-state index in [1.54, 1.807) is 34.8 Å². The van der Waals surface area contributed by atoms with E-state index in [1.165, 1.54) is 12.4 Å². The predicted octanol–water partition coefficient (Wildman–Crippen LogP) is 0.568. The summed E-state index contributed by atoms with van der Waals surface area (Å²) < 4.78 is 24.0. The third kappa shape index (κ3) is 4.47. The molecular weight excluding hydrogens is 426 g/mol. The van der Waals surface area contributed by atoms with Crippen molar-refractivity contribution < 1.29 is 23.5 Å². The van der Waals surface area contributed by atoms with Crippen LogP contribution < -0.4 is 5.48 Å². The molecule has 3 rings (SSSR count). The van der Waals surface area contributed by atoms with Crippen molar-refractivity contribution in [2.45, 2.75) is 30.2 Å². The molecule has 2 aromatic rings. The number of aliphatic hydroxyl groups is 1. The van der Waals surface area contributed by atoms with E-state index in [4.69, 9.17) is 5.21 Å². The maximum atomic E-state index is 12.1. The smallest absolute Gasteiger partial charge is 0.264 e. The van der Waals surface area contributed by atoms with Gasteiger partial charge in [0.05, 0.1) is 11.7 Å². The van der Waals surface area contributed by atoms with Crippen LogP contribution in [0.2, 0.25) is 0 Å². The van der Waals surface area contributed by atoms with Crippen LogP contribution in [-0.4, -0.2) is 62.5 Å². The summed E-state index contributed by atoms with van der Waals surface area (Å²) in [6.07, 6.45) is 2.53. The van der Waals surface area contributed by atoms with Gasteiger partial charge in [0, 0.05) is 35.3 Å². The molecule has 1 aliphatic heterocycles.